The molecule has 19 nitrogen and oxygen atoms in total. The maximum Gasteiger partial charge on any atom is 0.220 e. The summed E-state index contributed by atoms with van der Waals surface area (Å²) in [4.78, 5) is 13.3. The van der Waals surface area contributed by atoms with Crippen molar-refractivity contribution in [3.8, 4) is 0 Å². The zero-order chi connectivity index (χ0) is 56.2. The Labute approximate surface area is 460 Å². The molecule has 3 saturated heterocycles. The predicted octanol–water partition coefficient (Wildman–Crippen LogP) is 4.93. The lowest BCUT2D eigenvalue weighted by Gasteiger charge is -2.48. The quantitative estimate of drug-likeness (QED) is 0.0285. The molecule has 17 atom stereocenters. The number of rotatable bonds is 43. The fourth-order valence-electron chi connectivity index (χ4n) is 9.96. The molecule has 3 fully saturated rings. The van der Waals surface area contributed by atoms with E-state index in [0.29, 0.717) is 12.8 Å². The Morgan fingerprint density at radius 2 is 0.831 bits per heavy atom. The average Bonchev–Trinajstić information content (AvgIpc) is 3.43. The normalized spacial score (nSPS) is 30.9. The molecule has 0 aromatic rings. The minimum Gasteiger partial charge on any atom is -0.394 e. The van der Waals surface area contributed by atoms with Crippen molar-refractivity contribution in [1.29, 1.82) is 0 Å². The van der Waals surface area contributed by atoms with Crippen molar-refractivity contribution in [2.45, 2.75) is 298 Å². The van der Waals surface area contributed by atoms with Gasteiger partial charge in [0, 0.05) is 6.42 Å². The van der Waals surface area contributed by atoms with Gasteiger partial charge in [0.1, 0.15) is 73.2 Å². The maximum atomic E-state index is 13.3. The number of ether oxygens (including phenoxy) is 6. The van der Waals surface area contributed by atoms with E-state index in [4.69, 9.17) is 28.4 Å². The molecule has 3 heterocycles. The summed E-state index contributed by atoms with van der Waals surface area (Å²) in [5, 5.41) is 120. The fourth-order valence-corrected chi connectivity index (χ4v) is 9.96. The van der Waals surface area contributed by atoms with Crippen molar-refractivity contribution in [1.82, 2.24) is 5.32 Å². The lowest BCUT2D eigenvalue weighted by atomic mass is 9.96. The number of amides is 1. The van der Waals surface area contributed by atoms with Gasteiger partial charge in [-0.1, -0.05) is 166 Å². The van der Waals surface area contributed by atoms with Gasteiger partial charge in [0.25, 0.3) is 0 Å². The number of hydrogen-bond donors (Lipinski definition) is 12. The second-order valence-corrected chi connectivity index (χ2v) is 21.4. The van der Waals surface area contributed by atoms with E-state index in [0.717, 1.165) is 57.8 Å². The number of carbonyl (C=O) groups is 1. The first kappa shape index (κ1) is 69.3. The molecule has 0 bridgehead atoms. The summed E-state index contributed by atoms with van der Waals surface area (Å²) in [7, 11) is 0. The Morgan fingerprint density at radius 3 is 1.31 bits per heavy atom. The number of aliphatic hydroxyl groups is 11. The van der Waals surface area contributed by atoms with Gasteiger partial charge < -0.3 is 89.9 Å². The lowest BCUT2D eigenvalue weighted by Crippen LogP contribution is -2.66. The van der Waals surface area contributed by atoms with Crippen molar-refractivity contribution in [3.05, 3.63) is 36.5 Å². The number of aliphatic hydroxyl groups excluding tert-OH is 11. The summed E-state index contributed by atoms with van der Waals surface area (Å²) in [6.45, 7) is 1.67. The standard InChI is InChI=1S/C58H105NO18/c1-3-5-7-9-11-13-15-17-18-19-20-21-22-24-25-27-29-31-33-35-42(63)41(59-46(64)36-34-32-30-28-26-23-16-14-12-10-8-6-4-2)40-72-56-52(70)49(67)54(44(38-61)74-56)77-58-53(71)50(68)55(45(39-62)75-58)76-57-51(69)48(66)47(65)43(37-60)73-57/h14,16,25,27,33,35,41-45,47-58,60-63,65-71H,3-13,15,17-24,26,28-32,34,36-40H2,1-2H3,(H,59,64)/b16-14-,27-25+,35-33+. The highest BCUT2D eigenvalue weighted by Gasteiger charge is 2.53. The lowest BCUT2D eigenvalue weighted by molar-refractivity contribution is -0.379. The molecule has 17 unspecified atom stereocenters. The molecule has 77 heavy (non-hydrogen) atoms. The Kier molecular flexibility index (Phi) is 37.7. The van der Waals surface area contributed by atoms with E-state index in [1.807, 2.05) is 6.08 Å². The Hall–Kier alpha value is -1.99. The zero-order valence-electron chi connectivity index (χ0n) is 46.7. The Bertz CT molecular complexity index is 1550. The summed E-state index contributed by atoms with van der Waals surface area (Å²) >= 11 is 0. The second kappa shape index (κ2) is 41.9. The Balaban J connectivity index is 1.53. The molecule has 0 aromatic carbocycles. The summed E-state index contributed by atoms with van der Waals surface area (Å²) in [5.74, 6) is -0.296. The van der Waals surface area contributed by atoms with Crippen LogP contribution in [-0.2, 0) is 33.2 Å². The van der Waals surface area contributed by atoms with Crippen LogP contribution in [-0.4, -0.2) is 193 Å². The van der Waals surface area contributed by atoms with E-state index < -0.39 is 124 Å². The molecule has 3 rings (SSSR count). The number of nitrogens with one attached hydrogen (secondary N) is 1. The Morgan fingerprint density at radius 1 is 0.455 bits per heavy atom. The molecule has 3 aliphatic heterocycles. The van der Waals surface area contributed by atoms with E-state index in [9.17, 15) is 61.0 Å². The summed E-state index contributed by atoms with van der Waals surface area (Å²) in [6.07, 6.45) is 17.0. The van der Waals surface area contributed by atoms with Crippen LogP contribution < -0.4 is 5.32 Å². The van der Waals surface area contributed by atoms with Crippen molar-refractivity contribution in [3.63, 3.8) is 0 Å². The van der Waals surface area contributed by atoms with Crippen LogP contribution in [0.4, 0.5) is 0 Å². The topological polar surface area (TPSA) is 307 Å². The monoisotopic (exact) mass is 1100 g/mol. The van der Waals surface area contributed by atoms with Gasteiger partial charge in [0.05, 0.1) is 38.6 Å². The van der Waals surface area contributed by atoms with E-state index in [1.54, 1.807) is 6.08 Å². The highest BCUT2D eigenvalue weighted by molar-refractivity contribution is 5.76. The van der Waals surface area contributed by atoms with Gasteiger partial charge >= 0.3 is 0 Å². The molecule has 1 amide bonds. The van der Waals surface area contributed by atoms with Crippen molar-refractivity contribution >= 4 is 5.91 Å². The molecule has 19 heteroatoms. The molecule has 450 valence electrons. The van der Waals surface area contributed by atoms with Gasteiger partial charge in [-0.3, -0.25) is 4.79 Å². The third kappa shape index (κ3) is 26.2. The molecule has 0 saturated carbocycles. The van der Waals surface area contributed by atoms with Crippen LogP contribution in [0.5, 0.6) is 0 Å². The molecule has 0 radical (unpaired) electrons. The highest BCUT2D eigenvalue weighted by atomic mass is 16.8. The number of allylic oxidation sites excluding steroid dienone is 5. The molecule has 3 aliphatic rings. The molecular formula is C58H105NO18. The molecule has 0 aromatic heterocycles. The van der Waals surface area contributed by atoms with E-state index >= 15 is 0 Å². The van der Waals surface area contributed by atoms with Crippen molar-refractivity contribution < 1.29 is 89.4 Å². The minimum absolute atomic E-state index is 0.225. The zero-order valence-corrected chi connectivity index (χ0v) is 46.7. The third-order valence-electron chi connectivity index (χ3n) is 14.9. The second-order valence-electron chi connectivity index (χ2n) is 21.4. The van der Waals surface area contributed by atoms with Crippen LogP contribution in [0, 0.1) is 0 Å². The molecule has 0 aliphatic carbocycles. The van der Waals surface area contributed by atoms with E-state index in [-0.39, 0.29) is 18.9 Å². The smallest absolute Gasteiger partial charge is 0.220 e. The van der Waals surface area contributed by atoms with Gasteiger partial charge in [-0.05, 0) is 57.8 Å². The van der Waals surface area contributed by atoms with Crippen LogP contribution >= 0.6 is 0 Å². The summed E-state index contributed by atoms with van der Waals surface area (Å²) in [5.41, 5.74) is 0. The van der Waals surface area contributed by atoms with Crippen LogP contribution in [0.25, 0.3) is 0 Å². The summed E-state index contributed by atoms with van der Waals surface area (Å²) in [6, 6.07) is -0.992. The van der Waals surface area contributed by atoms with Crippen LogP contribution in [0.2, 0.25) is 0 Å². The first-order valence-corrected chi connectivity index (χ1v) is 29.7. The molecule has 12 N–H and O–H groups in total. The SMILES string of the molecule is CCCCCC/C=C\CCCCCCCC(=O)NC(COC1OC(CO)C(OC2OC(CO)C(OC3OC(CO)C(O)C(O)C3O)C(O)C2O)C(O)C1O)C(O)/C=C/CC/C=C/CCCCCCCCCCCCCCC. The molecule has 0 spiro atoms. The van der Waals surface area contributed by atoms with Crippen molar-refractivity contribution in [2.24, 2.45) is 0 Å². The van der Waals surface area contributed by atoms with Gasteiger partial charge in [-0.25, -0.2) is 0 Å². The largest absolute Gasteiger partial charge is 0.394 e. The average molecular weight is 1100 g/mol. The van der Waals surface area contributed by atoms with Gasteiger partial charge in [0.15, 0.2) is 18.9 Å². The van der Waals surface area contributed by atoms with E-state index in [2.05, 4.69) is 43.5 Å². The highest BCUT2D eigenvalue weighted by Crippen LogP contribution is 2.33. The van der Waals surface area contributed by atoms with Crippen molar-refractivity contribution in [2.75, 3.05) is 26.4 Å². The van der Waals surface area contributed by atoms with Crippen LogP contribution in [0.15, 0.2) is 36.5 Å². The fraction of sp³-hybridized carbons (Fsp3) is 0.879. The predicted molar refractivity (Wildman–Crippen MR) is 291 cm³/mol. The first-order valence-electron chi connectivity index (χ1n) is 29.7. The van der Waals surface area contributed by atoms with Crippen LogP contribution in [0.1, 0.15) is 194 Å². The first-order chi connectivity index (χ1) is 37.3. The third-order valence-corrected chi connectivity index (χ3v) is 14.9. The van der Waals surface area contributed by atoms with E-state index in [1.165, 1.54) is 103 Å². The number of carbonyl (C=O) groups excluding carboxylic acids is 1. The maximum absolute atomic E-state index is 13.3. The number of hydrogen-bond acceptors (Lipinski definition) is 18. The number of unbranched alkanes of at least 4 members (excludes halogenated alkanes) is 23. The van der Waals surface area contributed by atoms with Gasteiger partial charge in [-0.2, -0.15) is 0 Å². The van der Waals surface area contributed by atoms with Crippen LogP contribution in [0.3, 0.4) is 0 Å². The minimum atomic E-state index is -1.98. The summed E-state index contributed by atoms with van der Waals surface area (Å²) < 4.78 is 34.2. The van der Waals surface area contributed by atoms with Gasteiger partial charge in [0.2, 0.25) is 5.91 Å². The van der Waals surface area contributed by atoms with Gasteiger partial charge in [-0.15, -0.1) is 0 Å². The molecular weight excluding hydrogens is 999 g/mol.